The van der Waals surface area contributed by atoms with E-state index < -0.39 is 18.0 Å². The zero-order valence-electron chi connectivity index (χ0n) is 13.8. The van der Waals surface area contributed by atoms with Gasteiger partial charge >= 0.3 is 6.36 Å². The molecule has 0 aliphatic heterocycles. The summed E-state index contributed by atoms with van der Waals surface area (Å²) < 4.78 is 41.4. The molecule has 1 amide bonds. The number of amides is 1. The molecule has 5 nitrogen and oxygen atoms in total. The number of carbonyl (C=O) groups is 1. The molecule has 0 fully saturated rings. The van der Waals surface area contributed by atoms with Gasteiger partial charge in [0.2, 0.25) is 0 Å². The van der Waals surface area contributed by atoms with E-state index >= 15 is 0 Å². The predicted octanol–water partition coefficient (Wildman–Crippen LogP) is 4.65. The van der Waals surface area contributed by atoms with Crippen LogP contribution in [-0.2, 0) is 0 Å². The van der Waals surface area contributed by atoms with E-state index in [-0.39, 0.29) is 16.3 Å². The summed E-state index contributed by atoms with van der Waals surface area (Å²) in [6.07, 6.45) is -4.86. The summed E-state index contributed by atoms with van der Waals surface area (Å²) in [6.45, 7) is 3.72. The Hall–Kier alpha value is -2.81. The molecule has 0 bridgehead atoms. The first-order valence-electron chi connectivity index (χ1n) is 7.48. The summed E-state index contributed by atoms with van der Waals surface area (Å²) in [6, 6.07) is 7.13. The maximum Gasteiger partial charge on any atom is 0.573 e. The van der Waals surface area contributed by atoms with E-state index in [1.54, 1.807) is 0 Å². The second-order valence-corrected chi connectivity index (χ2v) is 6.59. The molecular formula is C17H14F3N3O2S. The standard InChI is InChI=1S/C17H14F3N3O2S/c1-8-7-10-13(21)14(26-16(10)22-9(8)2)15(24)23-11-5-3-4-6-12(11)25-17(18,19)20/h3-7H,21H2,1-2H3,(H,23,24). The van der Waals surface area contributed by atoms with Crippen molar-refractivity contribution in [3.05, 3.63) is 46.5 Å². The normalized spacial score (nSPS) is 11.6. The summed E-state index contributed by atoms with van der Waals surface area (Å²) in [7, 11) is 0. The first kappa shape index (κ1) is 18.0. The average Bonchev–Trinajstić information content (AvgIpc) is 2.85. The van der Waals surface area contributed by atoms with Crippen LogP contribution in [0.5, 0.6) is 5.75 Å². The number of nitrogen functional groups attached to an aromatic ring is 1. The van der Waals surface area contributed by atoms with Gasteiger partial charge < -0.3 is 15.8 Å². The van der Waals surface area contributed by atoms with Crippen LogP contribution in [0.25, 0.3) is 10.2 Å². The average molecular weight is 381 g/mol. The highest BCUT2D eigenvalue weighted by Gasteiger charge is 2.32. The van der Waals surface area contributed by atoms with Gasteiger partial charge in [-0.2, -0.15) is 0 Å². The third kappa shape index (κ3) is 3.57. The second kappa shape index (κ2) is 6.49. The Morgan fingerprint density at radius 2 is 1.96 bits per heavy atom. The third-order valence-corrected chi connectivity index (χ3v) is 4.85. The number of fused-ring (bicyclic) bond motifs is 1. The highest BCUT2D eigenvalue weighted by atomic mass is 32.1. The summed E-state index contributed by atoms with van der Waals surface area (Å²) in [5, 5.41) is 3.06. The Balaban J connectivity index is 1.94. The number of benzene rings is 1. The van der Waals surface area contributed by atoms with Gasteiger partial charge in [0.1, 0.15) is 9.71 Å². The summed E-state index contributed by atoms with van der Waals surface area (Å²) in [5.74, 6) is -1.13. The molecule has 26 heavy (non-hydrogen) atoms. The number of aromatic nitrogens is 1. The number of carbonyl (C=O) groups excluding carboxylic acids is 1. The number of hydrogen-bond donors (Lipinski definition) is 2. The zero-order chi connectivity index (χ0) is 19.1. The monoisotopic (exact) mass is 381 g/mol. The highest BCUT2D eigenvalue weighted by Crippen LogP contribution is 2.35. The van der Waals surface area contributed by atoms with Gasteiger partial charge in [-0.1, -0.05) is 12.1 Å². The zero-order valence-corrected chi connectivity index (χ0v) is 14.6. The van der Waals surface area contributed by atoms with Crippen LogP contribution in [0.1, 0.15) is 20.9 Å². The molecule has 0 aliphatic rings. The van der Waals surface area contributed by atoms with Gasteiger partial charge in [-0.05, 0) is 37.6 Å². The molecule has 2 heterocycles. The van der Waals surface area contributed by atoms with Gasteiger partial charge in [-0.25, -0.2) is 4.98 Å². The number of nitrogens with zero attached hydrogens (tertiary/aromatic N) is 1. The number of pyridine rings is 1. The molecule has 0 saturated heterocycles. The lowest BCUT2D eigenvalue weighted by atomic mass is 10.1. The fraction of sp³-hybridized carbons (Fsp3) is 0.176. The minimum atomic E-state index is -4.86. The van der Waals surface area contributed by atoms with Crippen LogP contribution in [-0.4, -0.2) is 17.3 Å². The number of para-hydroxylation sites is 2. The lowest BCUT2D eigenvalue weighted by Crippen LogP contribution is -2.19. The Labute approximate surface area is 150 Å². The van der Waals surface area contributed by atoms with Gasteiger partial charge in [0.25, 0.3) is 5.91 Å². The first-order valence-corrected chi connectivity index (χ1v) is 8.29. The molecule has 3 rings (SSSR count). The van der Waals surface area contributed by atoms with Gasteiger partial charge in [0.15, 0.2) is 5.75 Å². The number of ether oxygens (including phenoxy) is 1. The second-order valence-electron chi connectivity index (χ2n) is 5.59. The van der Waals surface area contributed by atoms with Crippen LogP contribution in [0.2, 0.25) is 0 Å². The number of thiophene rings is 1. The predicted molar refractivity (Wildman–Crippen MR) is 94.6 cm³/mol. The Kier molecular flexibility index (Phi) is 4.49. The van der Waals surface area contributed by atoms with Crippen LogP contribution in [0.4, 0.5) is 24.5 Å². The molecule has 2 aromatic heterocycles. The number of alkyl halides is 3. The van der Waals surface area contributed by atoms with Crippen molar-refractivity contribution in [1.82, 2.24) is 4.98 Å². The van der Waals surface area contributed by atoms with Crippen molar-refractivity contribution in [3.63, 3.8) is 0 Å². The Morgan fingerprint density at radius 1 is 1.27 bits per heavy atom. The molecule has 0 atom stereocenters. The number of nitrogens with two attached hydrogens (primary N) is 1. The quantitative estimate of drug-likeness (QED) is 0.693. The molecule has 0 aliphatic carbocycles. The third-order valence-electron chi connectivity index (χ3n) is 3.73. The highest BCUT2D eigenvalue weighted by molar-refractivity contribution is 7.21. The van der Waals surface area contributed by atoms with Crippen LogP contribution in [0, 0.1) is 13.8 Å². The maximum atomic E-state index is 12.5. The van der Waals surface area contributed by atoms with E-state index in [1.165, 1.54) is 18.2 Å². The maximum absolute atomic E-state index is 12.5. The largest absolute Gasteiger partial charge is 0.573 e. The van der Waals surface area contributed by atoms with Gasteiger partial charge in [-0.3, -0.25) is 4.79 Å². The number of rotatable bonds is 3. The van der Waals surface area contributed by atoms with E-state index in [4.69, 9.17) is 5.73 Å². The van der Waals surface area contributed by atoms with E-state index in [0.29, 0.717) is 10.2 Å². The molecule has 9 heteroatoms. The Morgan fingerprint density at radius 3 is 2.65 bits per heavy atom. The summed E-state index contributed by atoms with van der Waals surface area (Å²) in [5.41, 5.74) is 7.93. The minimum absolute atomic E-state index is 0.105. The molecule has 0 unspecified atom stereocenters. The number of anilines is 2. The molecule has 3 N–H and O–H groups in total. The van der Waals surface area contributed by atoms with Gasteiger partial charge in [-0.15, -0.1) is 24.5 Å². The molecule has 3 aromatic rings. The van der Waals surface area contributed by atoms with Crippen molar-refractivity contribution in [2.24, 2.45) is 0 Å². The lowest BCUT2D eigenvalue weighted by molar-refractivity contribution is -0.274. The van der Waals surface area contributed by atoms with E-state index in [0.717, 1.165) is 28.7 Å². The van der Waals surface area contributed by atoms with E-state index in [2.05, 4.69) is 15.0 Å². The van der Waals surface area contributed by atoms with Gasteiger partial charge in [0.05, 0.1) is 11.4 Å². The van der Waals surface area contributed by atoms with Crippen molar-refractivity contribution in [2.45, 2.75) is 20.2 Å². The van der Waals surface area contributed by atoms with Crippen LogP contribution < -0.4 is 15.8 Å². The molecule has 1 aromatic carbocycles. The van der Waals surface area contributed by atoms with Crippen molar-refractivity contribution in [2.75, 3.05) is 11.1 Å². The van der Waals surface area contributed by atoms with Crippen LogP contribution >= 0.6 is 11.3 Å². The summed E-state index contributed by atoms with van der Waals surface area (Å²) in [4.78, 5) is 17.7. The lowest BCUT2D eigenvalue weighted by Gasteiger charge is -2.13. The van der Waals surface area contributed by atoms with Crippen molar-refractivity contribution < 1.29 is 22.7 Å². The van der Waals surface area contributed by atoms with Crippen LogP contribution in [0.15, 0.2) is 30.3 Å². The van der Waals surface area contributed by atoms with Crippen molar-refractivity contribution in [3.8, 4) is 5.75 Å². The molecule has 0 radical (unpaired) electrons. The molecule has 0 saturated carbocycles. The number of halogens is 3. The topological polar surface area (TPSA) is 77.2 Å². The molecule has 136 valence electrons. The SMILES string of the molecule is Cc1cc2c(N)c(C(=O)Nc3ccccc3OC(F)(F)F)sc2nc1C. The van der Waals surface area contributed by atoms with Crippen molar-refractivity contribution >= 4 is 38.8 Å². The van der Waals surface area contributed by atoms with E-state index in [1.807, 2.05) is 19.9 Å². The fourth-order valence-electron chi connectivity index (χ4n) is 2.36. The smallest absolute Gasteiger partial charge is 0.404 e. The van der Waals surface area contributed by atoms with E-state index in [9.17, 15) is 18.0 Å². The minimum Gasteiger partial charge on any atom is -0.404 e. The Bertz CT molecular complexity index is 999. The van der Waals surface area contributed by atoms with Gasteiger partial charge in [0, 0.05) is 11.1 Å². The summed E-state index contributed by atoms with van der Waals surface area (Å²) >= 11 is 1.08. The first-order chi connectivity index (χ1) is 12.2. The number of nitrogens with one attached hydrogen (secondary N) is 1. The number of aryl methyl sites for hydroxylation is 2. The van der Waals surface area contributed by atoms with Crippen molar-refractivity contribution in [1.29, 1.82) is 0 Å². The molecular weight excluding hydrogens is 367 g/mol. The fourth-order valence-corrected chi connectivity index (χ4v) is 3.38. The van der Waals surface area contributed by atoms with Crippen LogP contribution in [0.3, 0.4) is 0 Å². The molecule has 0 spiro atoms. The number of hydrogen-bond acceptors (Lipinski definition) is 5.